The molecular formula is C11H9F3N2O2. The van der Waals surface area contributed by atoms with E-state index in [1.165, 1.54) is 25.1 Å². The Balaban J connectivity index is 2.77. The van der Waals surface area contributed by atoms with Gasteiger partial charge in [-0.3, -0.25) is 0 Å². The smallest absolute Gasteiger partial charge is 0.449 e. The van der Waals surface area contributed by atoms with E-state index >= 15 is 0 Å². The van der Waals surface area contributed by atoms with Crippen molar-refractivity contribution < 1.29 is 23.1 Å². The Kier molecular flexibility index (Phi) is 2.76. The van der Waals surface area contributed by atoms with Gasteiger partial charge in [-0.05, 0) is 19.1 Å². The predicted molar refractivity (Wildman–Crippen MR) is 57.1 cm³/mol. The van der Waals surface area contributed by atoms with Crippen LogP contribution in [0.25, 0.3) is 11.0 Å². The number of carboxylic acids is 1. The van der Waals surface area contributed by atoms with Crippen LogP contribution in [0.2, 0.25) is 0 Å². The Morgan fingerprint density at radius 1 is 1.39 bits per heavy atom. The largest absolute Gasteiger partial charge is 0.480 e. The predicted octanol–water partition coefficient (Wildman–Crippen LogP) is 2.70. The van der Waals surface area contributed by atoms with Crippen LogP contribution >= 0.6 is 0 Å². The maximum Gasteiger partial charge on any atom is 0.449 e. The molecule has 96 valence electrons. The molecule has 0 aliphatic heterocycles. The number of rotatable bonds is 2. The van der Waals surface area contributed by atoms with E-state index in [1.54, 1.807) is 6.07 Å². The lowest BCUT2D eigenvalue weighted by molar-refractivity contribution is -0.150. The van der Waals surface area contributed by atoms with Crippen LogP contribution in [-0.4, -0.2) is 20.6 Å². The minimum Gasteiger partial charge on any atom is -0.480 e. The molecule has 1 aromatic heterocycles. The molecule has 2 rings (SSSR count). The third-order valence-electron chi connectivity index (χ3n) is 2.59. The number of nitrogens with zero attached hydrogens (tertiary/aromatic N) is 2. The summed E-state index contributed by atoms with van der Waals surface area (Å²) in [7, 11) is 0. The number of benzene rings is 1. The Morgan fingerprint density at radius 2 is 2.00 bits per heavy atom. The minimum atomic E-state index is -4.69. The van der Waals surface area contributed by atoms with Gasteiger partial charge in [0.2, 0.25) is 5.82 Å². The molecule has 0 saturated heterocycles. The van der Waals surface area contributed by atoms with Crippen LogP contribution in [0, 0.1) is 0 Å². The van der Waals surface area contributed by atoms with Crippen LogP contribution in [0.1, 0.15) is 18.8 Å². The molecule has 0 aliphatic carbocycles. The first-order chi connectivity index (χ1) is 8.32. The molecule has 0 unspecified atom stereocenters. The molecule has 18 heavy (non-hydrogen) atoms. The van der Waals surface area contributed by atoms with Gasteiger partial charge in [0, 0.05) is 0 Å². The van der Waals surface area contributed by atoms with Gasteiger partial charge in [-0.2, -0.15) is 13.2 Å². The van der Waals surface area contributed by atoms with E-state index in [4.69, 9.17) is 5.11 Å². The average Bonchev–Trinajstić information content (AvgIpc) is 2.66. The van der Waals surface area contributed by atoms with Crippen molar-refractivity contribution >= 4 is 17.0 Å². The highest BCUT2D eigenvalue weighted by molar-refractivity contribution is 5.80. The van der Waals surface area contributed by atoms with Crippen molar-refractivity contribution in [1.29, 1.82) is 0 Å². The van der Waals surface area contributed by atoms with Crippen LogP contribution in [0.5, 0.6) is 0 Å². The molecule has 1 heterocycles. The number of fused-ring (bicyclic) bond motifs is 1. The van der Waals surface area contributed by atoms with Crippen molar-refractivity contribution in [3.05, 3.63) is 30.1 Å². The highest BCUT2D eigenvalue weighted by atomic mass is 19.4. The van der Waals surface area contributed by atoms with Gasteiger partial charge < -0.3 is 9.67 Å². The molecular weight excluding hydrogens is 249 g/mol. The Labute approximate surface area is 99.7 Å². The van der Waals surface area contributed by atoms with Gasteiger partial charge in [0.15, 0.2) is 0 Å². The van der Waals surface area contributed by atoms with E-state index in [0.717, 1.165) is 0 Å². The normalized spacial score (nSPS) is 13.8. The van der Waals surface area contributed by atoms with Crippen LogP contribution in [0.15, 0.2) is 24.3 Å². The maximum atomic E-state index is 12.8. The van der Waals surface area contributed by atoms with Gasteiger partial charge in [-0.1, -0.05) is 12.1 Å². The quantitative estimate of drug-likeness (QED) is 0.901. The molecule has 1 aromatic carbocycles. The van der Waals surface area contributed by atoms with Gasteiger partial charge in [-0.25, -0.2) is 9.78 Å². The number of halogens is 3. The van der Waals surface area contributed by atoms with E-state index in [0.29, 0.717) is 4.57 Å². The van der Waals surface area contributed by atoms with E-state index < -0.39 is 24.0 Å². The number of para-hydroxylation sites is 2. The molecule has 1 atom stereocenters. The van der Waals surface area contributed by atoms with Crippen molar-refractivity contribution in [3.63, 3.8) is 0 Å². The summed E-state index contributed by atoms with van der Waals surface area (Å²) in [5, 5.41) is 8.89. The number of hydrogen-bond acceptors (Lipinski definition) is 2. The maximum absolute atomic E-state index is 12.8. The zero-order valence-corrected chi connectivity index (χ0v) is 9.27. The molecule has 4 nitrogen and oxygen atoms in total. The van der Waals surface area contributed by atoms with Crippen molar-refractivity contribution in [1.82, 2.24) is 9.55 Å². The highest BCUT2D eigenvalue weighted by Crippen LogP contribution is 2.33. The lowest BCUT2D eigenvalue weighted by Crippen LogP contribution is -2.22. The molecule has 0 amide bonds. The first-order valence-electron chi connectivity index (χ1n) is 5.09. The van der Waals surface area contributed by atoms with Crippen LogP contribution < -0.4 is 0 Å². The number of imidazole rings is 1. The summed E-state index contributed by atoms with van der Waals surface area (Å²) in [5.74, 6) is -2.54. The molecule has 7 heteroatoms. The van der Waals surface area contributed by atoms with Gasteiger partial charge in [-0.15, -0.1) is 0 Å². The molecule has 0 radical (unpaired) electrons. The minimum absolute atomic E-state index is 0.123. The SMILES string of the molecule is C[C@@H](C(=O)O)n1c(C(F)(F)F)nc2ccccc21. The van der Waals surface area contributed by atoms with E-state index in [9.17, 15) is 18.0 Å². The number of aromatic nitrogens is 2. The van der Waals surface area contributed by atoms with Crippen LogP contribution in [0.4, 0.5) is 13.2 Å². The van der Waals surface area contributed by atoms with Crippen molar-refractivity contribution in [2.24, 2.45) is 0 Å². The van der Waals surface area contributed by atoms with Crippen LogP contribution in [0.3, 0.4) is 0 Å². The van der Waals surface area contributed by atoms with E-state index in [2.05, 4.69) is 4.98 Å². The summed E-state index contributed by atoms with van der Waals surface area (Å²) in [4.78, 5) is 14.4. The fourth-order valence-electron chi connectivity index (χ4n) is 1.75. The second-order valence-corrected chi connectivity index (χ2v) is 3.81. The molecule has 0 aliphatic rings. The van der Waals surface area contributed by atoms with Crippen LogP contribution in [-0.2, 0) is 11.0 Å². The Hall–Kier alpha value is -2.05. The van der Waals surface area contributed by atoms with Gasteiger partial charge in [0.25, 0.3) is 0 Å². The lowest BCUT2D eigenvalue weighted by Gasteiger charge is -2.14. The van der Waals surface area contributed by atoms with Gasteiger partial charge in [0.05, 0.1) is 11.0 Å². The monoisotopic (exact) mass is 258 g/mol. The Bertz CT molecular complexity index is 604. The zero-order valence-electron chi connectivity index (χ0n) is 9.27. The van der Waals surface area contributed by atoms with Gasteiger partial charge >= 0.3 is 12.1 Å². The molecule has 2 aromatic rings. The molecule has 0 spiro atoms. The summed E-state index contributed by atoms with van der Waals surface area (Å²) in [6.45, 7) is 1.19. The fraction of sp³-hybridized carbons (Fsp3) is 0.273. The number of aliphatic carboxylic acids is 1. The second kappa shape index (κ2) is 4.01. The number of carbonyl (C=O) groups is 1. The second-order valence-electron chi connectivity index (χ2n) is 3.81. The topological polar surface area (TPSA) is 55.1 Å². The first kappa shape index (κ1) is 12.4. The zero-order chi connectivity index (χ0) is 13.5. The summed E-state index contributed by atoms with van der Waals surface area (Å²) >= 11 is 0. The molecule has 1 N–H and O–H groups in total. The third-order valence-corrected chi connectivity index (χ3v) is 2.59. The van der Waals surface area contributed by atoms with Crippen molar-refractivity contribution in [3.8, 4) is 0 Å². The molecule has 0 fully saturated rings. The molecule has 0 saturated carbocycles. The van der Waals surface area contributed by atoms with Crippen molar-refractivity contribution in [2.45, 2.75) is 19.1 Å². The summed E-state index contributed by atoms with van der Waals surface area (Å²) < 4.78 is 39.2. The number of hydrogen-bond donors (Lipinski definition) is 1. The standard InChI is InChI=1S/C11H9F3N2O2/c1-6(9(17)18)16-8-5-3-2-4-7(8)15-10(16)11(12,13)14/h2-6H,1H3,(H,17,18)/t6-/m0/s1. The van der Waals surface area contributed by atoms with E-state index in [1.807, 2.05) is 0 Å². The number of carboxylic acid groups (broad SMARTS) is 1. The summed E-state index contributed by atoms with van der Waals surface area (Å²) in [6, 6.07) is 4.57. The highest BCUT2D eigenvalue weighted by Gasteiger charge is 2.39. The average molecular weight is 258 g/mol. The summed E-state index contributed by atoms with van der Waals surface area (Å²) in [5.41, 5.74) is 0.276. The first-order valence-corrected chi connectivity index (χ1v) is 5.09. The van der Waals surface area contributed by atoms with E-state index in [-0.39, 0.29) is 11.0 Å². The molecule has 0 bridgehead atoms. The van der Waals surface area contributed by atoms with Gasteiger partial charge in [0.1, 0.15) is 6.04 Å². The Morgan fingerprint density at radius 3 is 2.56 bits per heavy atom. The summed E-state index contributed by atoms with van der Waals surface area (Å²) in [6.07, 6.45) is -4.69. The van der Waals surface area contributed by atoms with Crippen molar-refractivity contribution in [2.75, 3.05) is 0 Å². The lowest BCUT2D eigenvalue weighted by atomic mass is 10.2. The fourth-order valence-corrected chi connectivity index (χ4v) is 1.75. The number of alkyl halides is 3. The third kappa shape index (κ3) is 1.92.